The molecule has 0 spiro atoms. The van der Waals surface area contributed by atoms with Gasteiger partial charge in [-0.05, 0) is 41.8 Å². The van der Waals surface area contributed by atoms with Crippen LogP contribution in [0, 0.1) is 23.7 Å². The zero-order valence-corrected chi connectivity index (χ0v) is 12.0. The minimum Gasteiger partial charge on any atom is -0.386 e. The van der Waals surface area contributed by atoms with Crippen LogP contribution in [-0.4, -0.2) is 18.3 Å². The zero-order valence-electron chi connectivity index (χ0n) is 9.57. The van der Waals surface area contributed by atoms with Crippen LogP contribution in [0.15, 0.2) is 10.5 Å². The van der Waals surface area contributed by atoms with Crippen LogP contribution < -0.4 is 0 Å². The first-order valence-electron chi connectivity index (χ1n) is 5.52. The van der Waals surface area contributed by atoms with Crippen molar-refractivity contribution in [2.75, 3.05) is 13.2 Å². The maximum absolute atomic E-state index is 10.4. The third-order valence-electron chi connectivity index (χ3n) is 3.16. The lowest BCUT2D eigenvalue weighted by Crippen LogP contribution is -2.36. The first-order chi connectivity index (χ1) is 8.09. The number of halogens is 1. The molecule has 0 aliphatic carbocycles. The summed E-state index contributed by atoms with van der Waals surface area (Å²) >= 11 is 4.96. The van der Waals surface area contributed by atoms with Gasteiger partial charge >= 0.3 is 0 Å². The lowest BCUT2D eigenvalue weighted by molar-refractivity contribution is -0.0492. The second kappa shape index (κ2) is 5.07. The molecule has 1 aromatic heterocycles. The van der Waals surface area contributed by atoms with E-state index in [1.165, 1.54) is 11.3 Å². The highest BCUT2D eigenvalue weighted by Gasteiger charge is 2.42. The Morgan fingerprint density at radius 3 is 2.94 bits per heavy atom. The van der Waals surface area contributed by atoms with E-state index in [0.717, 1.165) is 20.6 Å². The van der Waals surface area contributed by atoms with E-state index < -0.39 is 11.5 Å². The molecule has 0 saturated carbocycles. The Hall–Kier alpha value is -0.410. The molecule has 1 fully saturated rings. The molecule has 1 N–H and O–H groups in total. The summed E-state index contributed by atoms with van der Waals surface area (Å²) in [6, 6.07) is 4.16. The highest BCUT2D eigenvalue weighted by Crippen LogP contribution is 2.43. The Morgan fingerprint density at radius 2 is 2.47 bits per heavy atom. The largest absolute Gasteiger partial charge is 0.386 e. The zero-order chi connectivity index (χ0) is 12.5. The Morgan fingerprint density at radius 1 is 1.71 bits per heavy atom. The number of aliphatic hydroxyl groups excluding tert-OH is 1. The van der Waals surface area contributed by atoms with Gasteiger partial charge in [-0.25, -0.2) is 0 Å². The Bertz CT molecular complexity index is 426. The number of nitriles is 1. The van der Waals surface area contributed by atoms with Crippen LogP contribution in [-0.2, 0) is 4.74 Å². The lowest BCUT2D eigenvalue weighted by atomic mass is 9.78. The van der Waals surface area contributed by atoms with Gasteiger partial charge in [-0.3, -0.25) is 0 Å². The maximum Gasteiger partial charge on any atom is 0.111 e. The van der Waals surface area contributed by atoms with Crippen molar-refractivity contribution < 1.29 is 9.84 Å². The Balaban J connectivity index is 2.28. The van der Waals surface area contributed by atoms with Gasteiger partial charge in [0.15, 0.2) is 0 Å². The summed E-state index contributed by atoms with van der Waals surface area (Å²) in [4.78, 5) is 1.95. The summed E-state index contributed by atoms with van der Waals surface area (Å²) in [6.45, 7) is 2.99. The molecule has 1 saturated heterocycles. The van der Waals surface area contributed by atoms with Crippen LogP contribution in [0.25, 0.3) is 0 Å². The first-order valence-corrected chi connectivity index (χ1v) is 7.13. The first kappa shape index (κ1) is 13.0. The molecule has 2 heterocycles. The summed E-state index contributed by atoms with van der Waals surface area (Å²) in [5, 5.41) is 19.8. The van der Waals surface area contributed by atoms with Gasteiger partial charge in [-0.1, -0.05) is 0 Å². The molecule has 2 rings (SSSR count). The van der Waals surface area contributed by atoms with Crippen molar-refractivity contribution >= 4 is 27.3 Å². The normalized spacial score (nSPS) is 26.5. The summed E-state index contributed by atoms with van der Waals surface area (Å²) < 4.78 is 6.35. The number of aliphatic hydroxyl groups is 1. The molecule has 0 amide bonds. The fraction of sp³-hybridized carbons (Fsp3) is 0.583. The van der Waals surface area contributed by atoms with Crippen molar-refractivity contribution in [1.29, 1.82) is 5.26 Å². The third kappa shape index (κ3) is 2.41. The molecule has 2 unspecified atom stereocenters. The SMILES string of the molecule is Cc1sc(C(O)C2(C#N)CCCOC2)cc1Br. The molecular weight excluding hydrogens is 302 g/mol. The minimum atomic E-state index is -0.783. The number of ether oxygens (including phenoxy) is 1. The van der Waals surface area contributed by atoms with E-state index >= 15 is 0 Å². The fourth-order valence-electron chi connectivity index (χ4n) is 2.07. The van der Waals surface area contributed by atoms with Crippen LogP contribution in [0.2, 0.25) is 0 Å². The Labute approximate surface area is 113 Å². The van der Waals surface area contributed by atoms with Crippen molar-refractivity contribution in [3.63, 3.8) is 0 Å². The summed E-state index contributed by atoms with van der Waals surface area (Å²) in [7, 11) is 0. The molecule has 1 aromatic rings. The van der Waals surface area contributed by atoms with Crippen molar-refractivity contribution in [1.82, 2.24) is 0 Å². The molecule has 2 atom stereocenters. The van der Waals surface area contributed by atoms with E-state index in [4.69, 9.17) is 4.74 Å². The summed E-state index contributed by atoms with van der Waals surface area (Å²) in [5.41, 5.74) is -0.783. The van der Waals surface area contributed by atoms with E-state index in [9.17, 15) is 10.4 Å². The van der Waals surface area contributed by atoms with E-state index in [1.54, 1.807) is 0 Å². The van der Waals surface area contributed by atoms with Crippen molar-refractivity contribution in [2.24, 2.45) is 5.41 Å². The van der Waals surface area contributed by atoms with Crippen LogP contribution >= 0.6 is 27.3 Å². The van der Waals surface area contributed by atoms with Gasteiger partial charge in [0.05, 0.1) is 12.7 Å². The molecule has 0 bridgehead atoms. The second-order valence-electron chi connectivity index (χ2n) is 4.38. The standard InChI is InChI=1S/C12H14BrNO2S/c1-8-9(13)5-10(17-8)11(15)12(6-14)3-2-4-16-7-12/h5,11,15H,2-4,7H2,1H3. The second-order valence-corrected chi connectivity index (χ2v) is 6.52. The highest BCUT2D eigenvalue weighted by atomic mass is 79.9. The predicted molar refractivity (Wildman–Crippen MR) is 69.8 cm³/mol. The van der Waals surface area contributed by atoms with Gasteiger partial charge in [0, 0.05) is 20.8 Å². The van der Waals surface area contributed by atoms with Crippen LogP contribution in [0.5, 0.6) is 0 Å². The molecule has 3 nitrogen and oxygen atoms in total. The smallest absolute Gasteiger partial charge is 0.111 e. The van der Waals surface area contributed by atoms with Gasteiger partial charge in [-0.15, -0.1) is 11.3 Å². The number of aryl methyl sites for hydroxylation is 1. The van der Waals surface area contributed by atoms with Crippen molar-refractivity contribution in [2.45, 2.75) is 25.9 Å². The van der Waals surface area contributed by atoms with E-state index in [1.807, 2.05) is 13.0 Å². The number of hydrogen-bond acceptors (Lipinski definition) is 4. The van der Waals surface area contributed by atoms with E-state index in [-0.39, 0.29) is 0 Å². The average molecular weight is 316 g/mol. The molecule has 1 aliphatic rings. The van der Waals surface area contributed by atoms with Gasteiger partial charge in [-0.2, -0.15) is 5.26 Å². The van der Waals surface area contributed by atoms with Gasteiger partial charge < -0.3 is 9.84 Å². The molecule has 5 heteroatoms. The van der Waals surface area contributed by atoms with Gasteiger partial charge in [0.25, 0.3) is 0 Å². The number of thiophene rings is 1. The van der Waals surface area contributed by atoms with Crippen LogP contribution in [0.4, 0.5) is 0 Å². The van der Waals surface area contributed by atoms with Crippen molar-refractivity contribution in [3.05, 3.63) is 20.3 Å². The summed E-state index contributed by atoms with van der Waals surface area (Å²) in [5.74, 6) is 0. The van der Waals surface area contributed by atoms with E-state index in [0.29, 0.717) is 19.6 Å². The molecule has 17 heavy (non-hydrogen) atoms. The molecule has 1 aliphatic heterocycles. The van der Waals surface area contributed by atoms with Crippen LogP contribution in [0.1, 0.15) is 28.7 Å². The van der Waals surface area contributed by atoms with Crippen molar-refractivity contribution in [3.8, 4) is 6.07 Å². The highest BCUT2D eigenvalue weighted by molar-refractivity contribution is 9.10. The topological polar surface area (TPSA) is 53.2 Å². The van der Waals surface area contributed by atoms with Crippen LogP contribution in [0.3, 0.4) is 0 Å². The van der Waals surface area contributed by atoms with Gasteiger partial charge in [0.2, 0.25) is 0 Å². The minimum absolute atomic E-state index is 0.319. The monoisotopic (exact) mass is 315 g/mol. The number of nitrogens with zero attached hydrogens (tertiary/aromatic N) is 1. The molecule has 0 aromatic carbocycles. The lowest BCUT2D eigenvalue weighted by Gasteiger charge is -2.34. The molecular formula is C12H14BrNO2S. The average Bonchev–Trinajstić information content (AvgIpc) is 2.69. The fourth-order valence-corrected chi connectivity index (χ4v) is 3.73. The quantitative estimate of drug-likeness (QED) is 0.912. The maximum atomic E-state index is 10.4. The van der Waals surface area contributed by atoms with Gasteiger partial charge in [0.1, 0.15) is 11.5 Å². The third-order valence-corrected chi connectivity index (χ3v) is 5.35. The predicted octanol–water partition coefficient (Wildman–Crippen LogP) is 3.17. The molecule has 0 radical (unpaired) electrons. The van der Waals surface area contributed by atoms with E-state index in [2.05, 4.69) is 22.0 Å². The Kier molecular flexibility index (Phi) is 3.88. The number of rotatable bonds is 2. The summed E-state index contributed by atoms with van der Waals surface area (Å²) in [6.07, 6.45) is 0.762. The number of hydrogen-bond donors (Lipinski definition) is 1. The molecule has 92 valence electrons.